The third kappa shape index (κ3) is 4.24. The molecule has 0 spiro atoms. The zero-order valence-electron chi connectivity index (χ0n) is 27.7. The molecule has 0 atom stereocenters. The van der Waals surface area contributed by atoms with Crippen molar-refractivity contribution in [3.63, 3.8) is 0 Å². The highest BCUT2D eigenvalue weighted by atomic mass is 15.2. The zero-order chi connectivity index (χ0) is 34.2. The van der Waals surface area contributed by atoms with Crippen LogP contribution in [0.5, 0.6) is 0 Å². The number of hydrogen-bond donors (Lipinski definition) is 0. The molecule has 0 bridgehead atoms. The second-order valence-electron chi connectivity index (χ2n) is 13.0. The number of hydrogen-bond acceptors (Lipinski definition) is 6. The number of benzene rings is 5. The van der Waals surface area contributed by atoms with Crippen LogP contribution in [-0.2, 0) is 12.8 Å². The lowest BCUT2D eigenvalue weighted by Gasteiger charge is -2.10. The topological polar surface area (TPSA) is 96.0 Å². The Labute approximate surface area is 296 Å². The fourth-order valence-electron chi connectivity index (χ4n) is 7.76. The molecule has 0 saturated heterocycles. The molecule has 0 aliphatic carbocycles. The number of fused-ring (bicyclic) bond motifs is 10. The van der Waals surface area contributed by atoms with E-state index < -0.39 is 0 Å². The fourth-order valence-corrected chi connectivity index (χ4v) is 7.76. The monoisotopic (exact) mass is 672 g/mol. The average Bonchev–Trinajstić information content (AvgIpc) is 3.93. The van der Waals surface area contributed by atoms with E-state index in [1.165, 1.54) is 0 Å². The molecular weight excluding hydrogens is 645 g/mol. The Kier molecular flexibility index (Phi) is 6.14. The van der Waals surface area contributed by atoms with Crippen LogP contribution in [0.2, 0.25) is 0 Å². The van der Waals surface area contributed by atoms with Crippen LogP contribution < -0.4 is 0 Å². The minimum Gasteiger partial charge on any atom is -0.278 e. The molecule has 52 heavy (non-hydrogen) atoms. The minimum atomic E-state index is 0.647. The Morgan fingerprint density at radius 1 is 0.423 bits per heavy atom. The van der Waals surface area contributed by atoms with E-state index in [1.54, 1.807) is 24.8 Å². The molecule has 246 valence electrons. The predicted molar refractivity (Wildman–Crippen MR) is 202 cm³/mol. The molecule has 6 aromatic heterocycles. The maximum atomic E-state index is 5.33. The largest absolute Gasteiger partial charge is 0.278 e. The van der Waals surface area contributed by atoms with E-state index in [9.17, 15) is 0 Å². The van der Waals surface area contributed by atoms with E-state index in [2.05, 4.69) is 147 Å². The van der Waals surface area contributed by atoms with Crippen LogP contribution in [0.15, 0.2) is 146 Å². The van der Waals surface area contributed by atoms with Crippen molar-refractivity contribution in [3.8, 4) is 11.4 Å². The van der Waals surface area contributed by atoms with E-state index in [0.29, 0.717) is 12.8 Å². The van der Waals surface area contributed by atoms with Crippen molar-refractivity contribution in [1.29, 1.82) is 0 Å². The summed E-state index contributed by atoms with van der Waals surface area (Å²) in [7, 11) is 0. The number of para-hydroxylation sites is 6. The van der Waals surface area contributed by atoms with Crippen LogP contribution in [0.1, 0.15) is 22.5 Å². The highest BCUT2D eigenvalue weighted by molar-refractivity contribution is 5.95. The summed E-state index contributed by atoms with van der Waals surface area (Å²) in [6, 6.07) is 38.4. The van der Waals surface area contributed by atoms with Crippen molar-refractivity contribution in [2.24, 2.45) is 0 Å². The maximum absolute atomic E-state index is 5.33. The molecule has 0 amide bonds. The van der Waals surface area contributed by atoms with Gasteiger partial charge in [-0.3, -0.25) is 37.9 Å². The molecule has 0 N–H and O–H groups in total. The van der Waals surface area contributed by atoms with Gasteiger partial charge in [-0.15, -0.1) is 0 Å². The summed E-state index contributed by atoms with van der Waals surface area (Å²) >= 11 is 0. The van der Waals surface area contributed by atoms with Gasteiger partial charge in [-0.2, -0.15) is 0 Å². The SMILES string of the molecule is c1cc(-n2c3ccccc3n3c4cccc(Cc5cnccn5)c4nc23)cc(-n2c3ccccc3n3c4cccc(Cc5cnccn5)c4nc23)c1. The standard InChI is InChI=1S/C42H28N10/c1-3-14-35-33(12-1)49(41-47-39-27(8-5-16-37(39)51(35)41)22-29-25-43-18-20-45-29)31-10-7-11-32(24-31)50-34-13-2-4-15-36(34)52-38-17-6-9-28(40(38)48-42(50)52)23-30-26-44-19-21-46-30/h1-21,24-26H,22-23H2. The summed E-state index contributed by atoms with van der Waals surface area (Å²) < 4.78 is 9.05. The Morgan fingerprint density at radius 2 is 0.865 bits per heavy atom. The maximum Gasteiger partial charge on any atom is 0.220 e. The predicted octanol–water partition coefficient (Wildman–Crippen LogP) is 7.94. The first-order chi connectivity index (χ1) is 25.8. The van der Waals surface area contributed by atoms with Gasteiger partial charge in [0.05, 0.1) is 66.9 Å². The summed E-state index contributed by atoms with van der Waals surface area (Å²) in [5.74, 6) is 1.70. The van der Waals surface area contributed by atoms with E-state index in [0.717, 1.165) is 89.6 Å². The molecule has 6 heterocycles. The van der Waals surface area contributed by atoms with Crippen molar-refractivity contribution in [2.45, 2.75) is 12.8 Å². The summed E-state index contributed by atoms with van der Waals surface area (Å²) in [4.78, 5) is 28.3. The van der Waals surface area contributed by atoms with Gasteiger partial charge >= 0.3 is 0 Å². The van der Waals surface area contributed by atoms with Crippen molar-refractivity contribution in [1.82, 2.24) is 47.8 Å². The first kappa shape index (κ1) is 28.6. The van der Waals surface area contributed by atoms with Gasteiger partial charge in [-0.05, 0) is 65.7 Å². The highest BCUT2D eigenvalue weighted by Crippen LogP contribution is 2.34. The van der Waals surface area contributed by atoms with Crippen LogP contribution >= 0.6 is 0 Å². The van der Waals surface area contributed by atoms with Crippen molar-refractivity contribution in [3.05, 3.63) is 169 Å². The number of nitrogens with zero attached hydrogens (tertiary/aromatic N) is 10. The lowest BCUT2D eigenvalue weighted by atomic mass is 10.1. The van der Waals surface area contributed by atoms with Gasteiger partial charge in [-0.1, -0.05) is 54.6 Å². The zero-order valence-corrected chi connectivity index (χ0v) is 27.7. The quantitative estimate of drug-likeness (QED) is 0.178. The van der Waals surface area contributed by atoms with Crippen LogP contribution in [0.4, 0.5) is 0 Å². The van der Waals surface area contributed by atoms with E-state index >= 15 is 0 Å². The van der Waals surface area contributed by atoms with E-state index in [-0.39, 0.29) is 0 Å². The van der Waals surface area contributed by atoms with Crippen molar-refractivity contribution < 1.29 is 0 Å². The first-order valence-electron chi connectivity index (χ1n) is 17.2. The smallest absolute Gasteiger partial charge is 0.220 e. The van der Waals surface area contributed by atoms with Gasteiger partial charge in [0.25, 0.3) is 0 Å². The molecule has 11 aromatic rings. The molecule has 0 fully saturated rings. The molecule has 10 nitrogen and oxygen atoms in total. The summed E-state index contributed by atoms with van der Waals surface area (Å²) in [6.07, 6.45) is 11.8. The minimum absolute atomic E-state index is 0.647. The number of aromatic nitrogens is 10. The van der Waals surface area contributed by atoms with Crippen molar-refractivity contribution in [2.75, 3.05) is 0 Å². The first-order valence-corrected chi connectivity index (χ1v) is 17.2. The van der Waals surface area contributed by atoms with Gasteiger partial charge in [0.1, 0.15) is 0 Å². The Hall–Kier alpha value is -7.20. The molecule has 0 saturated carbocycles. The lowest BCUT2D eigenvalue weighted by Crippen LogP contribution is -2.00. The molecule has 5 aromatic carbocycles. The van der Waals surface area contributed by atoms with Crippen LogP contribution in [0.25, 0.3) is 67.1 Å². The highest BCUT2D eigenvalue weighted by Gasteiger charge is 2.22. The Balaban J connectivity index is 1.12. The van der Waals surface area contributed by atoms with Crippen LogP contribution in [-0.4, -0.2) is 47.8 Å². The lowest BCUT2D eigenvalue weighted by molar-refractivity contribution is 1.03. The van der Waals surface area contributed by atoms with Gasteiger partial charge in [0.15, 0.2) is 0 Å². The average molecular weight is 673 g/mol. The van der Waals surface area contributed by atoms with Crippen LogP contribution in [0, 0.1) is 0 Å². The number of imidazole rings is 4. The molecule has 0 radical (unpaired) electrons. The third-order valence-corrected chi connectivity index (χ3v) is 9.95. The van der Waals surface area contributed by atoms with Gasteiger partial charge in [-0.25, -0.2) is 9.97 Å². The third-order valence-electron chi connectivity index (χ3n) is 9.95. The summed E-state index contributed by atoms with van der Waals surface area (Å²) in [5, 5.41) is 0. The van der Waals surface area contributed by atoms with Gasteiger partial charge in [0, 0.05) is 50.0 Å². The Bertz CT molecular complexity index is 2920. The molecule has 0 aliphatic heterocycles. The van der Waals surface area contributed by atoms with Crippen LogP contribution in [0.3, 0.4) is 0 Å². The second-order valence-corrected chi connectivity index (χ2v) is 13.0. The molecule has 0 aliphatic rings. The molecule has 0 unspecified atom stereocenters. The molecular formula is C42H28N10. The van der Waals surface area contributed by atoms with E-state index in [1.807, 2.05) is 12.4 Å². The Morgan fingerprint density at radius 3 is 1.33 bits per heavy atom. The molecule has 10 heteroatoms. The van der Waals surface area contributed by atoms with Gasteiger partial charge in [0.2, 0.25) is 11.6 Å². The molecule has 11 rings (SSSR count). The van der Waals surface area contributed by atoms with Gasteiger partial charge < -0.3 is 0 Å². The number of rotatable bonds is 6. The summed E-state index contributed by atoms with van der Waals surface area (Å²) in [5.41, 5.74) is 14.4. The second kappa shape index (κ2) is 11.2. The summed E-state index contributed by atoms with van der Waals surface area (Å²) in [6.45, 7) is 0. The fraction of sp³-hybridized carbons (Fsp3) is 0.0476. The van der Waals surface area contributed by atoms with E-state index in [4.69, 9.17) is 9.97 Å². The van der Waals surface area contributed by atoms with Crippen molar-refractivity contribution >= 4 is 55.7 Å². The normalized spacial score (nSPS) is 12.0.